The van der Waals surface area contributed by atoms with Gasteiger partial charge < -0.3 is 14.9 Å². The fraction of sp³-hybridized carbons (Fsp3) is 0.333. The van der Waals surface area contributed by atoms with E-state index >= 15 is 0 Å². The number of nitrogens with one attached hydrogen (secondary N) is 1. The number of carbonyl (C=O) groups is 1. The van der Waals surface area contributed by atoms with Crippen LogP contribution in [0.15, 0.2) is 59.2 Å². The van der Waals surface area contributed by atoms with Gasteiger partial charge in [-0.05, 0) is 86.1 Å². The molecule has 30 heavy (non-hydrogen) atoms. The maximum atomic E-state index is 11.6. The number of fused-ring (bicyclic) bond motifs is 3. The van der Waals surface area contributed by atoms with Crippen molar-refractivity contribution in [3.05, 3.63) is 70.8 Å². The number of aryl methyl sites for hydroxylation is 1. The van der Waals surface area contributed by atoms with Crippen LogP contribution in [0.2, 0.25) is 0 Å². The van der Waals surface area contributed by atoms with E-state index in [9.17, 15) is 15.0 Å². The number of carbonyl (C=O) groups excluding carboxylic acids is 1. The summed E-state index contributed by atoms with van der Waals surface area (Å²) in [6.07, 6.45) is 5.64. The molecule has 0 fully saturated rings. The van der Waals surface area contributed by atoms with Gasteiger partial charge in [-0.1, -0.05) is 23.8 Å². The Morgan fingerprint density at radius 3 is 2.63 bits per heavy atom. The first kappa shape index (κ1) is 20.0. The van der Waals surface area contributed by atoms with Crippen LogP contribution in [-0.2, 0) is 23.0 Å². The summed E-state index contributed by atoms with van der Waals surface area (Å²) in [6, 6.07) is 13.0. The molecular weight excluding hydrogens is 380 g/mol. The first-order chi connectivity index (χ1) is 14.5. The van der Waals surface area contributed by atoms with Crippen LogP contribution in [0, 0.1) is 0 Å². The largest absolute Gasteiger partial charge is 0.508 e. The van der Waals surface area contributed by atoms with Crippen molar-refractivity contribution < 1.29 is 19.7 Å². The minimum Gasteiger partial charge on any atom is -0.508 e. The molecule has 2 aromatic carbocycles. The molecule has 6 nitrogen and oxygen atoms in total. The van der Waals surface area contributed by atoms with Gasteiger partial charge in [-0.2, -0.15) is 5.10 Å². The second-order valence-corrected chi connectivity index (χ2v) is 7.87. The summed E-state index contributed by atoms with van der Waals surface area (Å²) < 4.78 is 4.88. The van der Waals surface area contributed by atoms with Crippen LogP contribution in [0.5, 0.6) is 11.5 Å². The zero-order valence-electron chi connectivity index (χ0n) is 17.0. The second kappa shape index (κ2) is 8.22. The Bertz CT molecular complexity index is 1010. The lowest BCUT2D eigenvalue weighted by Crippen LogP contribution is -2.39. The number of benzene rings is 2. The molecule has 0 aliphatic heterocycles. The first-order valence-electron chi connectivity index (χ1n) is 10.3. The summed E-state index contributed by atoms with van der Waals surface area (Å²) in [5.41, 5.74) is 7.95. The minimum atomic E-state index is -0.547. The number of hydrazone groups is 1. The van der Waals surface area contributed by atoms with Gasteiger partial charge in [0.1, 0.15) is 11.5 Å². The smallest absolute Gasteiger partial charge is 0.427 e. The zero-order chi connectivity index (χ0) is 21.1. The lowest BCUT2D eigenvalue weighted by Gasteiger charge is -2.44. The summed E-state index contributed by atoms with van der Waals surface area (Å²) in [5.74, 6) is 0.543. The summed E-state index contributed by atoms with van der Waals surface area (Å²) in [7, 11) is 0. The average molecular weight is 406 g/mol. The van der Waals surface area contributed by atoms with E-state index in [0.717, 1.165) is 37.0 Å². The standard InChI is InChI=1S/C24H26N2O4/c1-2-30-23(29)26-25-19-11-12-24(15-16-3-7-20(27)8-4-16)18(14-19)6-5-17-13-21(28)9-10-22(17)24/h3-4,7-10,13-14,27-28H,2,5-6,11-12,15H2,1H3,(H,26,29)/t24-/m0/s1. The summed E-state index contributed by atoms with van der Waals surface area (Å²) >= 11 is 0. The highest BCUT2D eigenvalue weighted by Crippen LogP contribution is 2.49. The molecule has 0 unspecified atom stereocenters. The van der Waals surface area contributed by atoms with Crippen molar-refractivity contribution in [2.24, 2.45) is 5.10 Å². The highest BCUT2D eigenvalue weighted by molar-refractivity contribution is 5.97. The molecule has 1 amide bonds. The van der Waals surface area contributed by atoms with Gasteiger partial charge >= 0.3 is 6.09 Å². The normalized spacial score (nSPS) is 21.4. The topological polar surface area (TPSA) is 91.2 Å². The van der Waals surface area contributed by atoms with E-state index in [1.807, 2.05) is 24.3 Å². The molecule has 0 spiro atoms. The molecule has 0 saturated carbocycles. The predicted octanol–water partition coefficient (Wildman–Crippen LogP) is 4.35. The molecule has 2 aliphatic rings. The van der Waals surface area contributed by atoms with Crippen LogP contribution in [-0.4, -0.2) is 28.6 Å². The number of ether oxygens (including phenoxy) is 1. The molecule has 3 N–H and O–H groups in total. The van der Waals surface area contributed by atoms with Gasteiger partial charge in [0.05, 0.1) is 12.3 Å². The predicted molar refractivity (Wildman–Crippen MR) is 115 cm³/mol. The van der Waals surface area contributed by atoms with Crippen LogP contribution in [0.3, 0.4) is 0 Å². The van der Waals surface area contributed by atoms with Crippen molar-refractivity contribution in [1.29, 1.82) is 0 Å². The molecule has 0 bridgehead atoms. The van der Waals surface area contributed by atoms with E-state index in [1.54, 1.807) is 25.1 Å². The van der Waals surface area contributed by atoms with Crippen molar-refractivity contribution in [2.75, 3.05) is 6.61 Å². The van der Waals surface area contributed by atoms with Crippen molar-refractivity contribution in [1.82, 2.24) is 5.43 Å². The lowest BCUT2D eigenvalue weighted by atomic mass is 9.59. The Balaban J connectivity index is 1.72. The number of allylic oxidation sites excluding steroid dienone is 2. The van der Waals surface area contributed by atoms with Crippen molar-refractivity contribution in [2.45, 2.75) is 44.4 Å². The quantitative estimate of drug-likeness (QED) is 0.659. The Labute approximate surface area is 175 Å². The number of phenolic OH excluding ortho intramolecular Hbond substituents is 2. The second-order valence-electron chi connectivity index (χ2n) is 7.87. The monoisotopic (exact) mass is 406 g/mol. The molecule has 1 atom stereocenters. The Hall–Kier alpha value is -3.28. The number of hydrogen-bond acceptors (Lipinski definition) is 5. The Morgan fingerprint density at radius 2 is 1.87 bits per heavy atom. The van der Waals surface area contributed by atoms with Crippen molar-refractivity contribution in [3.8, 4) is 11.5 Å². The van der Waals surface area contributed by atoms with Gasteiger partial charge in [0.15, 0.2) is 0 Å². The average Bonchev–Trinajstić information content (AvgIpc) is 2.74. The molecular formula is C24H26N2O4. The molecule has 0 saturated heterocycles. The summed E-state index contributed by atoms with van der Waals surface area (Å²) in [5, 5.41) is 23.9. The van der Waals surface area contributed by atoms with Crippen molar-refractivity contribution in [3.63, 3.8) is 0 Å². The van der Waals surface area contributed by atoms with E-state index < -0.39 is 6.09 Å². The van der Waals surface area contributed by atoms with Gasteiger partial charge in [-0.15, -0.1) is 0 Å². The number of hydrogen-bond donors (Lipinski definition) is 3. The Kier molecular flexibility index (Phi) is 5.48. The number of phenols is 2. The van der Waals surface area contributed by atoms with E-state index in [-0.39, 0.29) is 16.9 Å². The lowest BCUT2D eigenvalue weighted by molar-refractivity contribution is 0.152. The molecule has 4 rings (SSSR count). The summed E-state index contributed by atoms with van der Waals surface area (Å²) in [6.45, 7) is 2.06. The van der Waals surface area contributed by atoms with E-state index in [1.165, 1.54) is 16.7 Å². The molecule has 0 radical (unpaired) electrons. The number of aromatic hydroxyl groups is 2. The van der Waals surface area contributed by atoms with E-state index in [0.29, 0.717) is 13.0 Å². The van der Waals surface area contributed by atoms with Crippen LogP contribution in [0.1, 0.15) is 42.9 Å². The summed E-state index contributed by atoms with van der Waals surface area (Å²) in [4.78, 5) is 11.6. The molecule has 2 aromatic rings. The van der Waals surface area contributed by atoms with E-state index in [2.05, 4.69) is 16.6 Å². The molecule has 0 aromatic heterocycles. The maximum absolute atomic E-state index is 11.6. The van der Waals surface area contributed by atoms with Gasteiger partial charge in [0, 0.05) is 5.41 Å². The minimum absolute atomic E-state index is 0.193. The molecule has 0 heterocycles. The maximum Gasteiger partial charge on any atom is 0.427 e. The first-order valence-corrected chi connectivity index (χ1v) is 10.3. The van der Waals surface area contributed by atoms with Crippen LogP contribution in [0.25, 0.3) is 0 Å². The third-order valence-corrected chi connectivity index (χ3v) is 6.04. The third-order valence-electron chi connectivity index (χ3n) is 6.04. The third kappa shape index (κ3) is 3.90. The molecule has 6 heteroatoms. The number of amides is 1. The fourth-order valence-corrected chi connectivity index (χ4v) is 4.68. The SMILES string of the molecule is CCOC(=O)NN=C1C=C2CCc3cc(O)ccc3[C@]2(Cc2ccc(O)cc2)CC1. The van der Waals surface area contributed by atoms with Gasteiger partial charge in [-0.25, -0.2) is 10.2 Å². The fourth-order valence-electron chi connectivity index (χ4n) is 4.68. The van der Waals surface area contributed by atoms with Crippen LogP contribution < -0.4 is 5.43 Å². The van der Waals surface area contributed by atoms with Crippen LogP contribution >= 0.6 is 0 Å². The van der Waals surface area contributed by atoms with Crippen LogP contribution in [0.4, 0.5) is 4.79 Å². The highest BCUT2D eigenvalue weighted by atomic mass is 16.5. The zero-order valence-corrected chi connectivity index (χ0v) is 17.0. The van der Waals surface area contributed by atoms with E-state index in [4.69, 9.17) is 4.74 Å². The van der Waals surface area contributed by atoms with Crippen molar-refractivity contribution >= 4 is 11.8 Å². The van der Waals surface area contributed by atoms with Gasteiger partial charge in [-0.3, -0.25) is 0 Å². The van der Waals surface area contributed by atoms with Gasteiger partial charge in [0.2, 0.25) is 0 Å². The highest BCUT2D eigenvalue weighted by Gasteiger charge is 2.42. The molecule has 156 valence electrons. The van der Waals surface area contributed by atoms with Gasteiger partial charge in [0.25, 0.3) is 0 Å². The Morgan fingerprint density at radius 1 is 1.10 bits per heavy atom. The number of nitrogens with zero attached hydrogens (tertiary/aromatic N) is 1. The number of rotatable bonds is 4. The molecule has 2 aliphatic carbocycles.